The predicted molar refractivity (Wildman–Crippen MR) is 60.0 cm³/mol. The van der Waals surface area contributed by atoms with Gasteiger partial charge in [-0.2, -0.15) is 13.2 Å². The first-order valence-electron chi connectivity index (χ1n) is 5.29. The van der Waals surface area contributed by atoms with E-state index in [4.69, 9.17) is 0 Å². The van der Waals surface area contributed by atoms with Gasteiger partial charge in [-0.05, 0) is 19.4 Å². The molecule has 1 amide bonds. The minimum atomic E-state index is -4.49. The molecule has 0 saturated heterocycles. The highest BCUT2D eigenvalue weighted by molar-refractivity contribution is 6.00. The Balaban J connectivity index is 2.97. The lowest BCUT2D eigenvalue weighted by Gasteiger charge is -2.07. The Morgan fingerprint density at radius 1 is 1.32 bits per heavy atom. The van der Waals surface area contributed by atoms with Crippen LogP contribution >= 0.6 is 0 Å². The average Bonchev–Trinajstić information content (AvgIpc) is 2.60. The topological polar surface area (TPSA) is 71.2 Å². The van der Waals surface area contributed by atoms with Crippen molar-refractivity contribution in [2.24, 2.45) is 0 Å². The smallest absolute Gasteiger partial charge is 0.405 e. The number of halogens is 3. The normalized spacial score (nSPS) is 11.3. The Morgan fingerprint density at radius 3 is 2.37 bits per heavy atom. The van der Waals surface area contributed by atoms with E-state index in [0.29, 0.717) is 5.69 Å². The maximum atomic E-state index is 12.0. The number of nitrogens with one attached hydrogen (secondary N) is 2. The van der Waals surface area contributed by atoms with Crippen molar-refractivity contribution >= 4 is 11.9 Å². The molecule has 0 radical (unpaired) electrons. The van der Waals surface area contributed by atoms with Crippen LogP contribution in [0, 0.1) is 13.8 Å². The first-order valence-corrected chi connectivity index (χ1v) is 5.29. The lowest BCUT2D eigenvalue weighted by molar-refractivity contribution is -0.123. The highest BCUT2D eigenvalue weighted by Gasteiger charge is 2.29. The summed E-state index contributed by atoms with van der Waals surface area (Å²) in [5.74, 6) is -1.57. The van der Waals surface area contributed by atoms with Crippen LogP contribution in [0.25, 0.3) is 0 Å². The number of aryl methyl sites for hydroxylation is 1. The van der Waals surface area contributed by atoms with Gasteiger partial charge < -0.3 is 15.0 Å². The zero-order chi connectivity index (χ0) is 14.8. The first kappa shape index (κ1) is 15.1. The molecule has 1 rings (SSSR count). The number of hydrogen-bond acceptors (Lipinski definition) is 3. The second-order valence-electron chi connectivity index (χ2n) is 3.91. The molecule has 0 unspecified atom stereocenters. The van der Waals surface area contributed by atoms with Gasteiger partial charge in [-0.1, -0.05) is 0 Å². The van der Waals surface area contributed by atoms with Crippen molar-refractivity contribution in [3.63, 3.8) is 0 Å². The van der Waals surface area contributed by atoms with Crippen LogP contribution < -0.4 is 5.32 Å². The highest BCUT2D eigenvalue weighted by atomic mass is 19.4. The minimum absolute atomic E-state index is 0.0813. The average molecular weight is 278 g/mol. The van der Waals surface area contributed by atoms with Crippen LogP contribution in [-0.4, -0.2) is 36.7 Å². The van der Waals surface area contributed by atoms with Gasteiger partial charge >= 0.3 is 12.1 Å². The van der Waals surface area contributed by atoms with Gasteiger partial charge in [-0.25, -0.2) is 4.79 Å². The van der Waals surface area contributed by atoms with Crippen LogP contribution in [0.2, 0.25) is 0 Å². The molecule has 0 aromatic carbocycles. The molecule has 0 atom stereocenters. The Bertz CT molecular complexity index is 506. The van der Waals surface area contributed by atoms with Crippen LogP contribution in [0.4, 0.5) is 13.2 Å². The number of ether oxygens (including phenoxy) is 1. The SMILES string of the molecule is COC(=O)c1c(C)[nH]c(C(=O)NCC(F)(F)F)c1C. The van der Waals surface area contributed by atoms with Gasteiger partial charge in [-0.15, -0.1) is 0 Å². The van der Waals surface area contributed by atoms with E-state index in [1.807, 2.05) is 0 Å². The van der Waals surface area contributed by atoms with Crippen molar-refractivity contribution in [1.29, 1.82) is 0 Å². The van der Waals surface area contributed by atoms with Crippen LogP contribution in [0.15, 0.2) is 0 Å². The van der Waals surface area contributed by atoms with E-state index in [1.165, 1.54) is 21.0 Å². The highest BCUT2D eigenvalue weighted by Crippen LogP contribution is 2.19. The fraction of sp³-hybridized carbons (Fsp3) is 0.455. The van der Waals surface area contributed by atoms with E-state index in [1.54, 1.807) is 5.32 Å². The summed E-state index contributed by atoms with van der Waals surface area (Å²) in [7, 11) is 1.18. The summed E-state index contributed by atoms with van der Waals surface area (Å²) in [5, 5.41) is 1.73. The summed E-state index contributed by atoms with van der Waals surface area (Å²) >= 11 is 0. The number of rotatable bonds is 3. The lowest BCUT2D eigenvalue weighted by Crippen LogP contribution is -2.34. The summed E-state index contributed by atoms with van der Waals surface area (Å²) in [6.07, 6.45) is -4.49. The van der Waals surface area contributed by atoms with Gasteiger partial charge in [0, 0.05) is 5.69 Å². The molecule has 0 aliphatic carbocycles. The van der Waals surface area contributed by atoms with Crippen LogP contribution in [0.3, 0.4) is 0 Å². The molecule has 2 N–H and O–H groups in total. The maximum absolute atomic E-state index is 12.0. The Morgan fingerprint density at radius 2 is 1.89 bits per heavy atom. The van der Waals surface area contributed by atoms with Gasteiger partial charge in [-0.3, -0.25) is 4.79 Å². The monoisotopic (exact) mass is 278 g/mol. The van der Waals surface area contributed by atoms with Crippen LogP contribution in [0.1, 0.15) is 32.1 Å². The number of aromatic nitrogens is 1. The molecule has 0 saturated carbocycles. The number of hydrogen-bond donors (Lipinski definition) is 2. The molecule has 0 fully saturated rings. The molecule has 106 valence electrons. The summed E-state index contributed by atoms with van der Waals surface area (Å²) in [6.45, 7) is 1.55. The summed E-state index contributed by atoms with van der Waals surface area (Å²) in [4.78, 5) is 25.6. The number of amides is 1. The van der Waals surface area contributed by atoms with Crippen molar-refractivity contribution in [3.05, 3.63) is 22.5 Å². The fourth-order valence-corrected chi connectivity index (χ4v) is 1.65. The minimum Gasteiger partial charge on any atom is -0.465 e. The van der Waals surface area contributed by atoms with Gasteiger partial charge in [0.1, 0.15) is 12.2 Å². The molecule has 1 aromatic heterocycles. The standard InChI is InChI=1S/C11H13F3N2O3/c1-5-7(10(18)19-3)6(2)16-8(5)9(17)15-4-11(12,13)14/h16H,4H2,1-3H3,(H,15,17). The number of methoxy groups -OCH3 is 1. The van der Waals surface area contributed by atoms with Crippen molar-refractivity contribution in [2.75, 3.05) is 13.7 Å². The van der Waals surface area contributed by atoms with Gasteiger partial charge in [0.05, 0.1) is 12.7 Å². The Labute approximate surface area is 107 Å². The van der Waals surface area contributed by atoms with Crippen molar-refractivity contribution in [2.45, 2.75) is 20.0 Å². The van der Waals surface area contributed by atoms with E-state index >= 15 is 0 Å². The third kappa shape index (κ3) is 3.49. The summed E-state index contributed by atoms with van der Waals surface area (Å²) in [6, 6.07) is 0. The molecule has 1 heterocycles. The Kier molecular flexibility index (Phi) is 4.23. The number of esters is 1. The second-order valence-corrected chi connectivity index (χ2v) is 3.91. The van der Waals surface area contributed by atoms with Gasteiger partial charge in [0.25, 0.3) is 5.91 Å². The molecule has 5 nitrogen and oxygen atoms in total. The number of alkyl halides is 3. The van der Waals surface area contributed by atoms with Crippen molar-refractivity contribution in [3.8, 4) is 0 Å². The molecule has 0 bridgehead atoms. The molecular formula is C11H13F3N2O3. The third-order valence-electron chi connectivity index (χ3n) is 2.50. The second kappa shape index (κ2) is 5.33. The van der Waals surface area contributed by atoms with Crippen molar-refractivity contribution in [1.82, 2.24) is 10.3 Å². The van der Waals surface area contributed by atoms with E-state index in [-0.39, 0.29) is 16.8 Å². The quantitative estimate of drug-likeness (QED) is 0.827. The number of H-pyrrole nitrogens is 1. The zero-order valence-electron chi connectivity index (χ0n) is 10.6. The predicted octanol–water partition coefficient (Wildman–Crippen LogP) is 1.71. The molecule has 19 heavy (non-hydrogen) atoms. The van der Waals surface area contributed by atoms with Crippen LogP contribution in [0.5, 0.6) is 0 Å². The van der Waals surface area contributed by atoms with Crippen LogP contribution in [-0.2, 0) is 4.74 Å². The molecule has 0 aliphatic heterocycles. The van der Waals surface area contributed by atoms with Gasteiger partial charge in [0.15, 0.2) is 0 Å². The molecular weight excluding hydrogens is 265 g/mol. The molecule has 8 heteroatoms. The fourth-order valence-electron chi connectivity index (χ4n) is 1.65. The maximum Gasteiger partial charge on any atom is 0.405 e. The van der Waals surface area contributed by atoms with E-state index in [9.17, 15) is 22.8 Å². The third-order valence-corrected chi connectivity index (χ3v) is 2.50. The van der Waals surface area contributed by atoms with E-state index in [0.717, 1.165) is 0 Å². The first-order chi connectivity index (χ1) is 8.67. The Hall–Kier alpha value is -1.99. The molecule has 0 spiro atoms. The van der Waals surface area contributed by atoms with Crippen molar-refractivity contribution < 1.29 is 27.5 Å². The van der Waals surface area contributed by atoms with E-state index < -0.39 is 24.6 Å². The summed E-state index contributed by atoms with van der Waals surface area (Å²) < 4.78 is 40.5. The molecule has 1 aromatic rings. The lowest BCUT2D eigenvalue weighted by atomic mass is 10.1. The molecule has 0 aliphatic rings. The van der Waals surface area contributed by atoms with Gasteiger partial charge in [0.2, 0.25) is 0 Å². The summed E-state index contributed by atoms with van der Waals surface area (Å²) in [5.41, 5.74) is 0.687. The number of carbonyl (C=O) groups is 2. The zero-order valence-corrected chi connectivity index (χ0v) is 10.6. The largest absolute Gasteiger partial charge is 0.465 e. The number of aromatic amines is 1. The van der Waals surface area contributed by atoms with E-state index in [2.05, 4.69) is 9.72 Å². The number of carbonyl (C=O) groups excluding carboxylic acids is 2.